The lowest BCUT2D eigenvalue weighted by Gasteiger charge is -2.27. The zero-order chi connectivity index (χ0) is 22.9. The van der Waals surface area contributed by atoms with Gasteiger partial charge >= 0.3 is 0 Å². The van der Waals surface area contributed by atoms with Crippen molar-refractivity contribution in [3.63, 3.8) is 0 Å². The number of hydrogen-bond acceptors (Lipinski definition) is 6. The highest BCUT2D eigenvalue weighted by Gasteiger charge is 2.14. The van der Waals surface area contributed by atoms with Gasteiger partial charge in [0.25, 0.3) is 11.5 Å². The van der Waals surface area contributed by atoms with Gasteiger partial charge in [-0.3, -0.25) is 14.5 Å². The molecule has 1 fully saturated rings. The van der Waals surface area contributed by atoms with E-state index in [1.165, 1.54) is 22.4 Å². The van der Waals surface area contributed by atoms with Crippen molar-refractivity contribution < 1.29 is 14.3 Å². The molecule has 0 unspecified atom stereocenters. The van der Waals surface area contributed by atoms with Crippen molar-refractivity contribution in [2.75, 3.05) is 32.9 Å². The van der Waals surface area contributed by atoms with E-state index in [0.29, 0.717) is 6.54 Å². The van der Waals surface area contributed by atoms with Crippen LogP contribution >= 0.6 is 0 Å². The first-order valence-electron chi connectivity index (χ1n) is 11.1. The molecule has 0 atom stereocenters. The van der Waals surface area contributed by atoms with Crippen LogP contribution in [-0.2, 0) is 24.4 Å². The number of hydrogen-bond donors (Lipinski definition) is 1. The van der Waals surface area contributed by atoms with Crippen LogP contribution in [0.1, 0.15) is 21.6 Å². The normalized spacial score (nSPS) is 14.1. The molecule has 0 saturated carbocycles. The Morgan fingerprint density at radius 2 is 1.70 bits per heavy atom. The molecular formula is C25H28N4O4. The van der Waals surface area contributed by atoms with Crippen LogP contribution in [0, 0.1) is 0 Å². The Kier molecular flexibility index (Phi) is 7.84. The highest BCUT2D eigenvalue weighted by Crippen LogP contribution is 2.13. The third-order valence-electron chi connectivity index (χ3n) is 5.47. The Bertz CT molecular complexity index is 1110. The molecule has 1 saturated heterocycles. The number of nitrogens with one attached hydrogen (secondary N) is 1. The first-order chi connectivity index (χ1) is 16.2. The molecule has 2 aromatic carbocycles. The van der Waals surface area contributed by atoms with Gasteiger partial charge in [0.1, 0.15) is 18.1 Å². The van der Waals surface area contributed by atoms with E-state index in [-0.39, 0.29) is 30.3 Å². The van der Waals surface area contributed by atoms with E-state index in [2.05, 4.69) is 21.4 Å². The summed E-state index contributed by atoms with van der Waals surface area (Å²) in [6, 6.07) is 20.2. The maximum absolute atomic E-state index is 12.7. The summed E-state index contributed by atoms with van der Waals surface area (Å²) < 4.78 is 12.3. The van der Waals surface area contributed by atoms with Gasteiger partial charge in [0.2, 0.25) is 0 Å². The first-order valence-corrected chi connectivity index (χ1v) is 11.1. The van der Waals surface area contributed by atoms with Gasteiger partial charge in [0.05, 0.1) is 19.8 Å². The van der Waals surface area contributed by atoms with Crippen LogP contribution in [0.15, 0.2) is 71.5 Å². The lowest BCUT2D eigenvalue weighted by Crippen LogP contribution is -2.36. The molecule has 33 heavy (non-hydrogen) atoms. The summed E-state index contributed by atoms with van der Waals surface area (Å²) in [6.07, 6.45) is 0. The summed E-state index contributed by atoms with van der Waals surface area (Å²) in [6.45, 7) is 5.03. The second-order valence-electron chi connectivity index (χ2n) is 7.78. The number of ether oxygens (including phenoxy) is 2. The van der Waals surface area contributed by atoms with E-state index >= 15 is 0 Å². The zero-order valence-corrected chi connectivity index (χ0v) is 18.5. The lowest BCUT2D eigenvalue weighted by atomic mass is 10.1. The Labute approximate surface area is 192 Å². The third kappa shape index (κ3) is 6.50. The molecule has 2 heterocycles. The zero-order valence-electron chi connectivity index (χ0n) is 18.5. The van der Waals surface area contributed by atoms with Gasteiger partial charge in [-0.15, -0.1) is 0 Å². The van der Waals surface area contributed by atoms with E-state index in [9.17, 15) is 9.59 Å². The quantitative estimate of drug-likeness (QED) is 0.540. The largest absolute Gasteiger partial charge is 0.492 e. The molecule has 1 N–H and O–H groups in total. The Balaban J connectivity index is 1.35. The van der Waals surface area contributed by atoms with Gasteiger partial charge in [0, 0.05) is 32.2 Å². The number of aromatic nitrogens is 2. The highest BCUT2D eigenvalue weighted by molar-refractivity contribution is 5.91. The predicted octanol–water partition coefficient (Wildman–Crippen LogP) is 2.08. The summed E-state index contributed by atoms with van der Waals surface area (Å²) in [5.74, 6) is 0.393. The summed E-state index contributed by atoms with van der Waals surface area (Å²) in [5.41, 5.74) is 2.15. The van der Waals surface area contributed by atoms with Crippen molar-refractivity contribution in [1.29, 1.82) is 0 Å². The molecule has 8 heteroatoms. The minimum Gasteiger partial charge on any atom is -0.492 e. The summed E-state index contributed by atoms with van der Waals surface area (Å²) >= 11 is 0. The summed E-state index contributed by atoms with van der Waals surface area (Å²) in [5, 5.41) is 7.15. The molecule has 0 bridgehead atoms. The highest BCUT2D eigenvalue weighted by atomic mass is 16.5. The molecule has 0 spiro atoms. The second-order valence-corrected chi connectivity index (χ2v) is 7.78. The molecule has 1 aromatic heterocycles. The molecule has 4 rings (SSSR count). The van der Waals surface area contributed by atoms with E-state index in [4.69, 9.17) is 9.47 Å². The van der Waals surface area contributed by atoms with Crippen LogP contribution in [0.5, 0.6) is 5.75 Å². The fourth-order valence-corrected chi connectivity index (χ4v) is 3.65. The molecule has 8 nitrogen and oxygen atoms in total. The molecule has 172 valence electrons. The van der Waals surface area contributed by atoms with E-state index in [1.54, 1.807) is 0 Å². The minimum atomic E-state index is -0.325. The van der Waals surface area contributed by atoms with Crippen molar-refractivity contribution in [2.24, 2.45) is 0 Å². The second kappa shape index (κ2) is 11.4. The van der Waals surface area contributed by atoms with Crippen molar-refractivity contribution in [3.05, 3.63) is 93.9 Å². The van der Waals surface area contributed by atoms with Crippen molar-refractivity contribution >= 4 is 5.91 Å². The molecule has 1 amide bonds. The van der Waals surface area contributed by atoms with Crippen molar-refractivity contribution in [2.45, 2.75) is 19.6 Å². The molecule has 1 aliphatic heterocycles. The fraction of sp³-hybridized carbons (Fsp3) is 0.320. The minimum absolute atomic E-state index is 0.194. The Morgan fingerprint density at radius 1 is 0.970 bits per heavy atom. The van der Waals surface area contributed by atoms with Gasteiger partial charge < -0.3 is 14.8 Å². The van der Waals surface area contributed by atoms with Gasteiger partial charge in [-0.05, 0) is 29.3 Å². The van der Waals surface area contributed by atoms with E-state index < -0.39 is 0 Å². The van der Waals surface area contributed by atoms with Crippen LogP contribution in [0.25, 0.3) is 0 Å². The SMILES string of the molecule is O=C(NCc1ccccc1CN1CCOCC1)c1ccc(=O)n(CCOc2ccccc2)n1. The van der Waals surface area contributed by atoms with Gasteiger partial charge in [-0.25, -0.2) is 4.68 Å². The maximum Gasteiger partial charge on any atom is 0.271 e. The van der Waals surface area contributed by atoms with Crippen LogP contribution < -0.4 is 15.6 Å². The Hall–Kier alpha value is -3.49. The van der Waals surface area contributed by atoms with Crippen LogP contribution in [0.4, 0.5) is 0 Å². The molecule has 0 aliphatic carbocycles. The smallest absolute Gasteiger partial charge is 0.271 e. The number of rotatable bonds is 9. The van der Waals surface area contributed by atoms with Crippen LogP contribution in [0.2, 0.25) is 0 Å². The molecule has 0 radical (unpaired) electrons. The van der Waals surface area contributed by atoms with Crippen molar-refractivity contribution in [1.82, 2.24) is 20.0 Å². The van der Waals surface area contributed by atoms with E-state index in [1.807, 2.05) is 48.5 Å². The van der Waals surface area contributed by atoms with Crippen LogP contribution in [0.3, 0.4) is 0 Å². The third-order valence-corrected chi connectivity index (χ3v) is 5.47. The average Bonchev–Trinajstić information content (AvgIpc) is 2.86. The monoisotopic (exact) mass is 448 g/mol. The predicted molar refractivity (Wildman–Crippen MR) is 124 cm³/mol. The van der Waals surface area contributed by atoms with E-state index in [0.717, 1.165) is 44.2 Å². The van der Waals surface area contributed by atoms with Crippen molar-refractivity contribution in [3.8, 4) is 5.75 Å². The van der Waals surface area contributed by atoms with Gasteiger partial charge in [0.15, 0.2) is 0 Å². The number of amides is 1. The topological polar surface area (TPSA) is 85.7 Å². The van der Waals surface area contributed by atoms with Gasteiger partial charge in [-0.2, -0.15) is 5.10 Å². The lowest BCUT2D eigenvalue weighted by molar-refractivity contribution is 0.0340. The number of para-hydroxylation sites is 1. The Morgan fingerprint density at radius 3 is 2.48 bits per heavy atom. The number of morpholine rings is 1. The molecular weight excluding hydrogens is 420 g/mol. The van der Waals surface area contributed by atoms with Gasteiger partial charge in [-0.1, -0.05) is 42.5 Å². The van der Waals surface area contributed by atoms with Crippen LogP contribution in [-0.4, -0.2) is 53.5 Å². The first kappa shape index (κ1) is 22.7. The number of carbonyl (C=O) groups excluding carboxylic acids is 1. The number of benzene rings is 2. The average molecular weight is 449 g/mol. The number of nitrogens with zero attached hydrogens (tertiary/aromatic N) is 3. The summed E-state index contributed by atoms with van der Waals surface area (Å²) in [7, 11) is 0. The standard InChI is InChI=1S/C25H28N4O4/c30-24-11-10-23(27-29(24)14-17-33-22-8-2-1-3-9-22)25(31)26-18-20-6-4-5-7-21(20)19-28-12-15-32-16-13-28/h1-11H,12-19H2,(H,26,31). The molecule has 3 aromatic rings. The maximum atomic E-state index is 12.7. The fourth-order valence-electron chi connectivity index (χ4n) is 3.65. The summed E-state index contributed by atoms with van der Waals surface area (Å²) in [4.78, 5) is 27.2. The number of carbonyl (C=O) groups is 1. The molecule has 1 aliphatic rings.